The molecular formula is C19H16BrN3OS2. The number of nitrogens with zero attached hydrogens (tertiary/aromatic N) is 1. The second kappa shape index (κ2) is 7.73. The molecule has 0 bridgehead atoms. The Balaban J connectivity index is 1.28. The zero-order chi connectivity index (χ0) is 17.9. The van der Waals surface area contributed by atoms with Crippen LogP contribution in [-0.2, 0) is 0 Å². The summed E-state index contributed by atoms with van der Waals surface area (Å²) in [5.41, 5.74) is 0. The largest absolute Gasteiger partial charge is 0.369 e. The Bertz CT molecular complexity index is 1070. The van der Waals surface area contributed by atoms with E-state index < -0.39 is 0 Å². The van der Waals surface area contributed by atoms with Gasteiger partial charge >= 0.3 is 0 Å². The Hall–Kier alpha value is -1.96. The summed E-state index contributed by atoms with van der Waals surface area (Å²) in [5.74, 6) is 0.911. The lowest BCUT2D eigenvalue weighted by Crippen LogP contribution is -2.25. The minimum absolute atomic E-state index is 0.0126. The lowest BCUT2D eigenvalue weighted by atomic mass is 10.2. The zero-order valence-corrected chi connectivity index (χ0v) is 17.0. The minimum atomic E-state index is -0.0126. The number of halogens is 1. The van der Waals surface area contributed by atoms with Gasteiger partial charge in [0.2, 0.25) is 0 Å². The molecule has 7 heteroatoms. The van der Waals surface area contributed by atoms with E-state index in [1.807, 2.05) is 36.4 Å². The summed E-state index contributed by atoms with van der Waals surface area (Å²) in [6.45, 7) is 1.40. The van der Waals surface area contributed by atoms with Gasteiger partial charge in [-0.3, -0.25) is 4.79 Å². The summed E-state index contributed by atoms with van der Waals surface area (Å²) in [6, 6.07) is 16.2. The molecule has 26 heavy (non-hydrogen) atoms. The highest BCUT2D eigenvalue weighted by Gasteiger charge is 2.10. The van der Waals surface area contributed by atoms with Crippen molar-refractivity contribution in [1.82, 2.24) is 9.69 Å². The van der Waals surface area contributed by atoms with E-state index in [2.05, 4.69) is 43.1 Å². The molecule has 2 heterocycles. The Morgan fingerprint density at radius 1 is 1.08 bits per heavy atom. The maximum Gasteiger partial charge on any atom is 0.261 e. The van der Waals surface area contributed by atoms with E-state index in [0.29, 0.717) is 6.54 Å². The summed E-state index contributed by atoms with van der Waals surface area (Å²) in [5, 5.41) is 8.59. The molecular weight excluding hydrogens is 430 g/mol. The van der Waals surface area contributed by atoms with Gasteiger partial charge < -0.3 is 10.6 Å². The lowest BCUT2D eigenvalue weighted by molar-refractivity contribution is 0.0957. The van der Waals surface area contributed by atoms with Crippen LogP contribution in [0.2, 0.25) is 0 Å². The number of anilines is 1. The number of hydrogen-bond donors (Lipinski definition) is 2. The molecule has 0 radical (unpaired) electrons. The average molecular weight is 446 g/mol. The van der Waals surface area contributed by atoms with Crippen LogP contribution in [0.4, 0.5) is 5.82 Å². The van der Waals surface area contributed by atoms with Gasteiger partial charge in [-0.2, -0.15) is 4.37 Å². The van der Waals surface area contributed by atoms with Crippen LogP contribution in [0.25, 0.3) is 20.2 Å². The Morgan fingerprint density at radius 2 is 1.96 bits per heavy atom. The average Bonchev–Trinajstić information content (AvgIpc) is 3.25. The third-order valence-corrected chi connectivity index (χ3v) is 6.45. The van der Waals surface area contributed by atoms with Gasteiger partial charge in [0, 0.05) is 27.6 Å². The first-order valence-corrected chi connectivity index (χ1v) is 10.6. The number of amides is 1. The van der Waals surface area contributed by atoms with Crippen LogP contribution < -0.4 is 10.6 Å². The Morgan fingerprint density at radius 3 is 2.88 bits per heavy atom. The van der Waals surface area contributed by atoms with Crippen molar-refractivity contribution in [3.05, 3.63) is 57.9 Å². The molecule has 2 aromatic carbocycles. The van der Waals surface area contributed by atoms with Gasteiger partial charge in [0.15, 0.2) is 0 Å². The summed E-state index contributed by atoms with van der Waals surface area (Å²) in [7, 11) is 0. The van der Waals surface area contributed by atoms with Crippen molar-refractivity contribution in [3.63, 3.8) is 0 Å². The van der Waals surface area contributed by atoms with Crippen molar-refractivity contribution in [2.24, 2.45) is 0 Å². The van der Waals surface area contributed by atoms with E-state index >= 15 is 0 Å². The highest BCUT2D eigenvalue weighted by Crippen LogP contribution is 2.28. The van der Waals surface area contributed by atoms with Crippen LogP contribution in [0, 0.1) is 0 Å². The molecule has 2 N–H and O–H groups in total. The fourth-order valence-electron chi connectivity index (χ4n) is 2.72. The summed E-state index contributed by atoms with van der Waals surface area (Å²) in [6.07, 6.45) is 0.841. The predicted molar refractivity (Wildman–Crippen MR) is 115 cm³/mol. The van der Waals surface area contributed by atoms with Crippen molar-refractivity contribution in [1.29, 1.82) is 0 Å². The number of hydrogen-bond acceptors (Lipinski definition) is 5. The smallest absolute Gasteiger partial charge is 0.261 e. The number of carbonyl (C=O) groups excluding carboxylic acids is 1. The quantitative estimate of drug-likeness (QED) is 0.385. The van der Waals surface area contributed by atoms with Crippen LogP contribution in [0.3, 0.4) is 0 Å². The lowest BCUT2D eigenvalue weighted by Gasteiger charge is -2.05. The number of carbonyl (C=O) groups is 1. The number of fused-ring (bicyclic) bond motifs is 2. The molecule has 1 amide bonds. The van der Waals surface area contributed by atoms with Crippen LogP contribution in [0.5, 0.6) is 0 Å². The maximum atomic E-state index is 12.3. The molecule has 0 aliphatic rings. The third kappa shape index (κ3) is 3.75. The molecule has 0 aliphatic heterocycles. The molecule has 0 aliphatic carbocycles. The van der Waals surface area contributed by atoms with Crippen LogP contribution in [-0.4, -0.2) is 23.4 Å². The molecule has 0 fully saturated rings. The van der Waals surface area contributed by atoms with E-state index in [-0.39, 0.29) is 5.91 Å². The van der Waals surface area contributed by atoms with E-state index in [0.717, 1.165) is 43.6 Å². The first-order chi connectivity index (χ1) is 12.7. The van der Waals surface area contributed by atoms with Crippen molar-refractivity contribution >= 4 is 70.7 Å². The van der Waals surface area contributed by atoms with Gasteiger partial charge in [-0.25, -0.2) is 0 Å². The third-order valence-electron chi connectivity index (χ3n) is 4.01. The van der Waals surface area contributed by atoms with Gasteiger partial charge in [-0.1, -0.05) is 28.1 Å². The first kappa shape index (κ1) is 17.5. The van der Waals surface area contributed by atoms with Crippen LogP contribution >= 0.6 is 38.8 Å². The van der Waals surface area contributed by atoms with Gasteiger partial charge in [0.1, 0.15) is 5.82 Å². The SMILES string of the molecule is O=C(NCCCNc1nsc2ccccc12)c1cc2cc(Br)ccc2s1. The van der Waals surface area contributed by atoms with Gasteiger partial charge in [-0.05, 0) is 59.7 Å². The summed E-state index contributed by atoms with van der Waals surface area (Å²) in [4.78, 5) is 13.1. The molecule has 0 spiro atoms. The monoisotopic (exact) mass is 445 g/mol. The van der Waals surface area contributed by atoms with Crippen molar-refractivity contribution in [2.75, 3.05) is 18.4 Å². The normalized spacial score (nSPS) is 11.1. The van der Waals surface area contributed by atoms with Crippen molar-refractivity contribution < 1.29 is 4.79 Å². The molecule has 0 atom stereocenters. The first-order valence-electron chi connectivity index (χ1n) is 8.26. The zero-order valence-electron chi connectivity index (χ0n) is 13.8. The summed E-state index contributed by atoms with van der Waals surface area (Å²) < 4.78 is 7.77. The van der Waals surface area contributed by atoms with E-state index in [9.17, 15) is 4.79 Å². The minimum Gasteiger partial charge on any atom is -0.369 e. The van der Waals surface area contributed by atoms with Gasteiger partial charge in [0.05, 0.1) is 9.58 Å². The molecule has 0 unspecified atom stereocenters. The molecule has 132 valence electrons. The Kier molecular flexibility index (Phi) is 5.19. The number of nitrogens with one attached hydrogen (secondary N) is 2. The fraction of sp³-hybridized carbons (Fsp3) is 0.158. The maximum absolute atomic E-state index is 12.3. The second-order valence-corrected chi connectivity index (χ2v) is 8.66. The van der Waals surface area contributed by atoms with E-state index in [1.165, 1.54) is 27.6 Å². The van der Waals surface area contributed by atoms with E-state index in [1.54, 1.807) is 0 Å². The van der Waals surface area contributed by atoms with Crippen molar-refractivity contribution in [2.45, 2.75) is 6.42 Å². The van der Waals surface area contributed by atoms with Gasteiger partial charge in [-0.15, -0.1) is 11.3 Å². The fourth-order valence-corrected chi connectivity index (χ4v) is 4.82. The number of benzene rings is 2. The molecule has 0 saturated heterocycles. The standard InChI is InChI=1S/C19H16BrN3OS2/c20-13-6-7-15-12(10-13)11-17(25-15)19(24)22-9-3-8-21-18-14-4-1-2-5-16(14)26-23-18/h1-2,4-7,10-11H,3,8-9H2,(H,21,23)(H,22,24). The highest BCUT2D eigenvalue weighted by molar-refractivity contribution is 9.10. The van der Waals surface area contributed by atoms with Crippen molar-refractivity contribution in [3.8, 4) is 0 Å². The molecule has 0 saturated carbocycles. The summed E-state index contributed by atoms with van der Waals surface area (Å²) >= 11 is 6.48. The predicted octanol–water partition coefficient (Wildman–Crippen LogP) is 5.51. The van der Waals surface area contributed by atoms with Crippen LogP contribution in [0.1, 0.15) is 16.1 Å². The second-order valence-electron chi connectivity index (χ2n) is 5.86. The van der Waals surface area contributed by atoms with Crippen LogP contribution in [0.15, 0.2) is 53.0 Å². The molecule has 2 aromatic heterocycles. The highest BCUT2D eigenvalue weighted by atomic mass is 79.9. The number of aromatic nitrogens is 1. The van der Waals surface area contributed by atoms with E-state index in [4.69, 9.17) is 0 Å². The van der Waals surface area contributed by atoms with Gasteiger partial charge in [0.25, 0.3) is 5.91 Å². The topological polar surface area (TPSA) is 54.0 Å². The number of rotatable bonds is 6. The molecule has 4 rings (SSSR count). The molecule has 4 nitrogen and oxygen atoms in total. The molecule has 4 aromatic rings. The Labute approximate surface area is 167 Å². The number of thiophene rings is 1.